The van der Waals surface area contributed by atoms with E-state index >= 15 is 0 Å². The number of amides is 2. The van der Waals surface area contributed by atoms with E-state index in [2.05, 4.69) is 15.6 Å². The minimum absolute atomic E-state index is 0. The Hall–Kier alpha value is -2.68. The third-order valence-corrected chi connectivity index (χ3v) is 7.73. The van der Waals surface area contributed by atoms with Crippen molar-refractivity contribution in [2.24, 2.45) is 0 Å². The normalized spacial score (nSPS) is 11.1. The fourth-order valence-electron chi connectivity index (χ4n) is 3.13. The van der Waals surface area contributed by atoms with E-state index in [1.807, 2.05) is 4.72 Å². The fourth-order valence-corrected chi connectivity index (χ4v) is 5.52. The molecule has 0 atom stereocenters. The second kappa shape index (κ2) is 10.5. The van der Waals surface area contributed by atoms with E-state index in [0.29, 0.717) is 0 Å². The molecule has 0 aliphatic rings. The predicted octanol–water partition coefficient (Wildman–Crippen LogP) is 2.44. The van der Waals surface area contributed by atoms with Gasteiger partial charge >= 0.3 is 41.3 Å². The third kappa shape index (κ3) is 5.60. The second-order valence-electron chi connectivity index (χ2n) is 6.86. The number of nitrogens with one attached hydrogen (secondary N) is 4. The summed E-state index contributed by atoms with van der Waals surface area (Å²) in [6, 6.07) is 9.44. The van der Waals surface area contributed by atoms with Crippen molar-refractivity contribution in [3.63, 3.8) is 0 Å². The van der Waals surface area contributed by atoms with Crippen LogP contribution in [0.4, 0.5) is 20.6 Å². The molecule has 0 unspecified atom stereocenters. The number of halogens is 2. The number of thiophene rings is 1. The van der Waals surface area contributed by atoms with Crippen molar-refractivity contribution in [2.45, 2.75) is 4.21 Å². The van der Waals surface area contributed by atoms with Crippen LogP contribution in [0.1, 0.15) is 0 Å². The molecule has 2 heterocycles. The molecule has 2 aromatic carbocycles. The molecule has 0 aliphatic carbocycles. The molecule has 0 spiro atoms. The van der Waals surface area contributed by atoms with Crippen molar-refractivity contribution in [1.29, 1.82) is 0 Å². The van der Waals surface area contributed by atoms with Gasteiger partial charge in [0.25, 0.3) is 15.6 Å². The Morgan fingerprint density at radius 3 is 2.40 bits per heavy atom. The van der Waals surface area contributed by atoms with Crippen LogP contribution in [0.25, 0.3) is 16.6 Å². The minimum atomic E-state index is -4.10. The van der Waals surface area contributed by atoms with Gasteiger partial charge in [-0.15, -0.1) is 11.3 Å². The topological polar surface area (TPSA) is 142 Å². The molecule has 0 saturated heterocycles. The van der Waals surface area contributed by atoms with Crippen molar-refractivity contribution in [3.05, 3.63) is 79.5 Å². The number of urea groups is 1. The van der Waals surface area contributed by atoms with Crippen molar-refractivity contribution in [1.82, 2.24) is 14.3 Å². The second-order valence-corrected chi connectivity index (χ2v) is 10.5. The van der Waals surface area contributed by atoms with Crippen molar-refractivity contribution in [3.8, 4) is 5.69 Å². The number of aromatic nitrogens is 2. The van der Waals surface area contributed by atoms with E-state index < -0.39 is 33.1 Å². The summed E-state index contributed by atoms with van der Waals surface area (Å²) < 4.78 is 41.3. The zero-order chi connectivity index (χ0) is 24.6. The average molecular weight is 548 g/mol. The molecular weight excluding hydrogens is 532 g/mol. The molecule has 2 amide bonds. The molecule has 4 N–H and O–H groups in total. The van der Waals surface area contributed by atoms with Crippen LogP contribution in [0.5, 0.6) is 0 Å². The summed E-state index contributed by atoms with van der Waals surface area (Å²) in [5.74, 6) is -0.656. The molecule has 178 valence electrons. The summed E-state index contributed by atoms with van der Waals surface area (Å²) in [5, 5.41) is 4.94. The molecular formula is C20H16ClFN5NaO5S2. The Morgan fingerprint density at radius 2 is 1.80 bits per heavy atom. The number of hydrogen-bond acceptors (Lipinski definition) is 7. The van der Waals surface area contributed by atoms with Crippen molar-refractivity contribution >= 4 is 90.8 Å². The molecule has 10 nitrogen and oxygen atoms in total. The van der Waals surface area contributed by atoms with Crippen molar-refractivity contribution < 1.29 is 17.6 Å². The molecule has 0 radical (unpaired) electrons. The van der Waals surface area contributed by atoms with Crippen LogP contribution < -0.4 is 26.6 Å². The van der Waals surface area contributed by atoms with Crippen LogP contribution in [0, 0.1) is 5.82 Å². The first-order valence-corrected chi connectivity index (χ1v) is 12.1. The van der Waals surface area contributed by atoms with Gasteiger partial charge in [-0.3, -0.25) is 4.79 Å². The summed E-state index contributed by atoms with van der Waals surface area (Å²) in [5.41, 5.74) is -0.850. The number of benzene rings is 2. The molecule has 2 aromatic heterocycles. The van der Waals surface area contributed by atoms with Gasteiger partial charge in [-0.2, -0.15) is 0 Å². The van der Waals surface area contributed by atoms with Gasteiger partial charge in [-0.25, -0.2) is 31.7 Å². The molecule has 0 saturated carbocycles. The number of aromatic amines is 1. The molecule has 4 aromatic rings. The summed E-state index contributed by atoms with van der Waals surface area (Å²) in [7, 11) is -2.60. The number of carbonyl (C=O) groups excluding carboxylic acids is 1. The maximum atomic E-state index is 14.1. The quantitative estimate of drug-likeness (QED) is 0.283. The summed E-state index contributed by atoms with van der Waals surface area (Å²) in [6.45, 7) is 0. The number of hydrogen-bond donors (Lipinski definition) is 4. The first-order chi connectivity index (χ1) is 16.1. The number of carbonyl (C=O) groups is 1. The molecule has 35 heavy (non-hydrogen) atoms. The van der Waals surface area contributed by atoms with Crippen LogP contribution in [-0.2, 0) is 10.0 Å². The van der Waals surface area contributed by atoms with E-state index in [1.165, 1.54) is 49.5 Å². The van der Waals surface area contributed by atoms with Gasteiger partial charge in [0.05, 0.1) is 26.6 Å². The summed E-state index contributed by atoms with van der Waals surface area (Å²) in [4.78, 5) is 40.0. The number of rotatable bonds is 5. The Balaban J connectivity index is 0.00000342. The SMILES string of the molecule is CNc1cc2[nH]c(=O)n(-c3ccc(NC(=O)NS(=O)(=O)c4ccc(Cl)s4)cc3)c(=O)c2cc1F.[NaH]. The Morgan fingerprint density at radius 1 is 1.11 bits per heavy atom. The van der Waals surface area contributed by atoms with E-state index in [4.69, 9.17) is 11.6 Å². The summed E-state index contributed by atoms with van der Waals surface area (Å²) >= 11 is 6.52. The standard InChI is InChI=1S/C20H15ClFN5O5S2.Na.H/c1-23-15-9-14-12(8-13(15)22)18(28)27(20(30)25-14)11-4-2-10(3-5-11)24-19(29)26-34(31,32)17-7-6-16(21)33-17;;/h2-9,23H,1H3,(H,25,30)(H2,24,26,29);;. The van der Waals surface area contributed by atoms with Gasteiger partial charge in [-0.05, 0) is 48.5 Å². The van der Waals surface area contributed by atoms with Crippen LogP contribution >= 0.6 is 22.9 Å². The predicted molar refractivity (Wildman–Crippen MR) is 135 cm³/mol. The molecule has 4 rings (SSSR count). The number of sulfonamides is 1. The Kier molecular flexibility index (Phi) is 8.09. The Bertz CT molecular complexity index is 1650. The van der Waals surface area contributed by atoms with E-state index in [0.717, 1.165) is 22.0 Å². The molecule has 0 fully saturated rings. The zero-order valence-electron chi connectivity index (χ0n) is 17.2. The van der Waals surface area contributed by atoms with Gasteiger partial charge in [0.1, 0.15) is 10.0 Å². The zero-order valence-corrected chi connectivity index (χ0v) is 19.6. The number of anilines is 2. The number of nitrogens with zero attached hydrogens (tertiary/aromatic N) is 1. The van der Waals surface area contributed by atoms with E-state index in [1.54, 1.807) is 0 Å². The van der Waals surface area contributed by atoms with E-state index in [9.17, 15) is 27.2 Å². The molecule has 0 aliphatic heterocycles. The first kappa shape index (κ1) is 26.9. The van der Waals surface area contributed by atoms with Gasteiger partial charge in [0.15, 0.2) is 0 Å². The summed E-state index contributed by atoms with van der Waals surface area (Å²) in [6.07, 6.45) is 0. The monoisotopic (exact) mass is 547 g/mol. The molecule has 15 heteroatoms. The number of fused-ring (bicyclic) bond motifs is 1. The van der Waals surface area contributed by atoms with Gasteiger partial charge in [-0.1, -0.05) is 11.6 Å². The first-order valence-electron chi connectivity index (χ1n) is 9.45. The van der Waals surface area contributed by atoms with E-state index in [-0.39, 0.29) is 66.1 Å². The average Bonchev–Trinajstić information content (AvgIpc) is 3.22. The van der Waals surface area contributed by atoms with Crippen molar-refractivity contribution in [2.75, 3.05) is 17.7 Å². The maximum absolute atomic E-state index is 14.1. The van der Waals surface area contributed by atoms with Crippen LogP contribution in [-0.4, -0.2) is 60.6 Å². The Labute approximate surface area is 228 Å². The van der Waals surface area contributed by atoms with Gasteiger partial charge in [0, 0.05) is 12.7 Å². The number of H-pyrrole nitrogens is 1. The third-order valence-electron chi connectivity index (χ3n) is 4.68. The van der Waals surface area contributed by atoms with Crippen LogP contribution in [0.2, 0.25) is 4.34 Å². The van der Waals surface area contributed by atoms with Gasteiger partial charge < -0.3 is 15.6 Å². The van der Waals surface area contributed by atoms with Crippen LogP contribution in [0.15, 0.2) is 62.3 Å². The fraction of sp³-hybridized carbons (Fsp3) is 0.0500. The van der Waals surface area contributed by atoms with Gasteiger partial charge in [0.2, 0.25) is 0 Å². The van der Waals surface area contributed by atoms with Crippen LogP contribution in [0.3, 0.4) is 0 Å². The molecule has 0 bridgehead atoms.